The van der Waals surface area contributed by atoms with Crippen molar-refractivity contribution in [3.05, 3.63) is 12.7 Å². The molecule has 4 nitrogen and oxygen atoms in total. The predicted octanol–water partition coefficient (Wildman–Crippen LogP) is 3.40. The zero-order valence-corrected chi connectivity index (χ0v) is 13.8. The molecule has 0 amide bonds. The first-order valence-corrected chi connectivity index (χ1v) is 8.24. The zero-order valence-electron chi connectivity index (χ0n) is 13.8. The normalized spacial score (nSPS) is 39.4. The Morgan fingerprint density at radius 1 is 1.05 bits per heavy atom. The summed E-state index contributed by atoms with van der Waals surface area (Å²) in [6.07, 6.45) is 6.68. The Labute approximate surface area is 132 Å². The van der Waals surface area contributed by atoms with Crippen LogP contribution >= 0.6 is 0 Å². The highest BCUT2D eigenvalue weighted by atomic mass is 16.6. The van der Waals surface area contributed by atoms with Crippen molar-refractivity contribution in [2.75, 3.05) is 0 Å². The molecule has 4 bridgehead atoms. The molecule has 4 aliphatic carbocycles. The SMILES string of the molecule is C=CC(=O)OC12CC3CC(C1)CC(OC(=O)C(C)(C)C)(C3)C2. The van der Waals surface area contributed by atoms with E-state index < -0.39 is 16.6 Å². The number of hydrogen-bond acceptors (Lipinski definition) is 4. The van der Waals surface area contributed by atoms with Crippen molar-refractivity contribution in [2.24, 2.45) is 17.3 Å². The van der Waals surface area contributed by atoms with Crippen LogP contribution in [0.15, 0.2) is 12.7 Å². The molecule has 22 heavy (non-hydrogen) atoms. The first-order valence-electron chi connectivity index (χ1n) is 8.24. The first kappa shape index (κ1) is 15.6. The summed E-state index contributed by atoms with van der Waals surface area (Å²) in [7, 11) is 0. The minimum atomic E-state index is -0.506. The van der Waals surface area contributed by atoms with Gasteiger partial charge in [0.2, 0.25) is 0 Å². The Bertz CT molecular complexity index is 500. The number of hydrogen-bond donors (Lipinski definition) is 0. The molecule has 0 saturated heterocycles. The van der Waals surface area contributed by atoms with Gasteiger partial charge >= 0.3 is 11.9 Å². The van der Waals surface area contributed by atoms with Gasteiger partial charge in [-0.15, -0.1) is 0 Å². The molecular formula is C18H26O4. The molecule has 2 atom stereocenters. The Hall–Kier alpha value is -1.32. The second-order valence-corrected chi connectivity index (χ2v) is 8.59. The fraction of sp³-hybridized carbons (Fsp3) is 0.778. The van der Waals surface area contributed by atoms with Crippen LogP contribution in [0, 0.1) is 17.3 Å². The van der Waals surface area contributed by atoms with Crippen molar-refractivity contribution in [1.29, 1.82) is 0 Å². The summed E-state index contributed by atoms with van der Waals surface area (Å²) in [5, 5.41) is 0. The molecule has 0 aliphatic heterocycles. The maximum atomic E-state index is 12.4. The van der Waals surface area contributed by atoms with E-state index in [1.54, 1.807) is 0 Å². The van der Waals surface area contributed by atoms with Crippen molar-refractivity contribution in [3.8, 4) is 0 Å². The highest BCUT2D eigenvalue weighted by Gasteiger charge is 2.61. The minimum absolute atomic E-state index is 0.153. The lowest BCUT2D eigenvalue weighted by atomic mass is 9.52. The maximum Gasteiger partial charge on any atom is 0.330 e. The Morgan fingerprint density at radius 3 is 2.00 bits per heavy atom. The molecule has 0 aromatic rings. The van der Waals surface area contributed by atoms with Crippen LogP contribution in [0.1, 0.15) is 59.3 Å². The molecule has 4 fully saturated rings. The van der Waals surface area contributed by atoms with Crippen molar-refractivity contribution in [3.63, 3.8) is 0 Å². The Kier molecular flexibility index (Phi) is 3.42. The quantitative estimate of drug-likeness (QED) is 0.592. The molecule has 0 radical (unpaired) electrons. The summed E-state index contributed by atoms with van der Waals surface area (Å²) in [5.74, 6) is 0.470. The predicted molar refractivity (Wildman–Crippen MR) is 82.0 cm³/mol. The molecule has 4 aliphatic rings. The van der Waals surface area contributed by atoms with Gasteiger partial charge in [0, 0.05) is 12.5 Å². The summed E-state index contributed by atoms with van der Waals surface area (Å²) in [4.78, 5) is 24.1. The molecule has 0 spiro atoms. The van der Waals surface area contributed by atoms with E-state index in [4.69, 9.17) is 9.47 Å². The molecule has 4 rings (SSSR count). The van der Waals surface area contributed by atoms with E-state index in [0.29, 0.717) is 18.3 Å². The van der Waals surface area contributed by atoms with Gasteiger partial charge in [0.15, 0.2) is 0 Å². The zero-order chi connectivity index (χ0) is 16.2. The van der Waals surface area contributed by atoms with Crippen molar-refractivity contribution in [1.82, 2.24) is 0 Å². The highest BCUT2D eigenvalue weighted by molar-refractivity contribution is 5.81. The summed E-state index contributed by atoms with van der Waals surface area (Å²) < 4.78 is 11.7. The molecule has 0 N–H and O–H groups in total. The van der Waals surface area contributed by atoms with Gasteiger partial charge < -0.3 is 9.47 Å². The average molecular weight is 306 g/mol. The Morgan fingerprint density at radius 2 is 1.55 bits per heavy atom. The summed E-state index contributed by atoms with van der Waals surface area (Å²) in [5.41, 5.74) is -1.39. The second-order valence-electron chi connectivity index (χ2n) is 8.59. The number of carbonyl (C=O) groups excluding carboxylic acids is 2. The largest absolute Gasteiger partial charge is 0.458 e. The number of carbonyl (C=O) groups is 2. The summed E-state index contributed by atoms with van der Waals surface area (Å²) in [6.45, 7) is 9.13. The van der Waals surface area contributed by atoms with E-state index in [2.05, 4.69) is 6.58 Å². The van der Waals surface area contributed by atoms with Gasteiger partial charge in [-0.1, -0.05) is 6.58 Å². The highest BCUT2D eigenvalue weighted by Crippen LogP contribution is 2.60. The van der Waals surface area contributed by atoms with Crippen molar-refractivity contribution in [2.45, 2.75) is 70.5 Å². The second kappa shape index (κ2) is 4.84. The van der Waals surface area contributed by atoms with E-state index in [-0.39, 0.29) is 11.9 Å². The van der Waals surface area contributed by atoms with Gasteiger partial charge in [0.25, 0.3) is 0 Å². The molecular weight excluding hydrogens is 280 g/mol. The van der Waals surface area contributed by atoms with Gasteiger partial charge in [0.1, 0.15) is 11.2 Å². The fourth-order valence-electron chi connectivity index (χ4n) is 4.94. The molecule has 4 saturated carbocycles. The van der Waals surface area contributed by atoms with Crippen LogP contribution in [0.5, 0.6) is 0 Å². The van der Waals surface area contributed by atoms with Crippen LogP contribution in [0.2, 0.25) is 0 Å². The van der Waals surface area contributed by atoms with Gasteiger partial charge in [0.05, 0.1) is 5.41 Å². The lowest BCUT2D eigenvalue weighted by molar-refractivity contribution is -0.233. The summed E-state index contributed by atoms with van der Waals surface area (Å²) >= 11 is 0. The molecule has 0 heterocycles. The minimum Gasteiger partial charge on any atom is -0.458 e. The van der Waals surface area contributed by atoms with E-state index in [1.807, 2.05) is 20.8 Å². The lowest BCUT2D eigenvalue weighted by Gasteiger charge is -2.60. The topological polar surface area (TPSA) is 52.6 Å². The molecule has 122 valence electrons. The number of esters is 2. The molecule has 0 aromatic carbocycles. The molecule has 4 heteroatoms. The van der Waals surface area contributed by atoms with E-state index in [0.717, 1.165) is 25.7 Å². The van der Waals surface area contributed by atoms with E-state index in [1.165, 1.54) is 12.5 Å². The van der Waals surface area contributed by atoms with Crippen LogP contribution in [0.3, 0.4) is 0 Å². The number of ether oxygens (including phenoxy) is 2. The van der Waals surface area contributed by atoms with Crippen LogP contribution in [0.4, 0.5) is 0 Å². The fourth-order valence-corrected chi connectivity index (χ4v) is 4.94. The van der Waals surface area contributed by atoms with Gasteiger partial charge in [-0.25, -0.2) is 4.79 Å². The van der Waals surface area contributed by atoms with Crippen LogP contribution < -0.4 is 0 Å². The van der Waals surface area contributed by atoms with Gasteiger partial charge in [-0.05, 0) is 64.7 Å². The third kappa shape index (κ3) is 2.68. The average Bonchev–Trinajstić information content (AvgIpc) is 2.34. The third-order valence-electron chi connectivity index (χ3n) is 5.36. The Balaban J connectivity index is 1.83. The lowest BCUT2D eigenvalue weighted by Crippen LogP contribution is -2.62. The third-order valence-corrected chi connectivity index (χ3v) is 5.36. The maximum absolute atomic E-state index is 12.4. The molecule has 0 aromatic heterocycles. The number of rotatable bonds is 3. The monoisotopic (exact) mass is 306 g/mol. The standard InChI is InChI=1S/C18H26O4/c1-5-14(19)21-17-7-12-6-13(8-17)10-18(9-12,11-17)22-15(20)16(2,3)4/h5,12-13H,1,6-11H2,2-4H3. The van der Waals surface area contributed by atoms with Crippen LogP contribution in [-0.4, -0.2) is 23.1 Å². The van der Waals surface area contributed by atoms with Gasteiger partial charge in [-0.3, -0.25) is 4.79 Å². The van der Waals surface area contributed by atoms with Gasteiger partial charge in [-0.2, -0.15) is 0 Å². The summed E-state index contributed by atoms with van der Waals surface area (Å²) in [6, 6.07) is 0. The smallest absolute Gasteiger partial charge is 0.330 e. The van der Waals surface area contributed by atoms with Crippen LogP contribution in [0.25, 0.3) is 0 Å². The van der Waals surface area contributed by atoms with E-state index >= 15 is 0 Å². The van der Waals surface area contributed by atoms with E-state index in [9.17, 15) is 9.59 Å². The van der Waals surface area contributed by atoms with Crippen molar-refractivity contribution >= 4 is 11.9 Å². The van der Waals surface area contributed by atoms with Crippen LogP contribution in [-0.2, 0) is 19.1 Å². The first-order chi connectivity index (χ1) is 10.2. The van der Waals surface area contributed by atoms with Crippen molar-refractivity contribution < 1.29 is 19.1 Å². The molecule has 2 unspecified atom stereocenters.